The van der Waals surface area contributed by atoms with Gasteiger partial charge in [0.25, 0.3) is 0 Å². The van der Waals surface area contributed by atoms with E-state index in [-0.39, 0.29) is 12.4 Å². The minimum absolute atomic E-state index is 0. The van der Waals surface area contributed by atoms with Crippen molar-refractivity contribution in [3.05, 3.63) is 11.1 Å². The van der Waals surface area contributed by atoms with Crippen LogP contribution in [0.5, 0.6) is 0 Å². The van der Waals surface area contributed by atoms with Gasteiger partial charge in [0, 0.05) is 31.7 Å². The summed E-state index contributed by atoms with van der Waals surface area (Å²) in [6.45, 7) is 4.32. The van der Waals surface area contributed by atoms with Crippen LogP contribution >= 0.6 is 23.7 Å². The molecule has 0 aliphatic heterocycles. The number of hydrogen-bond acceptors (Lipinski definition) is 4. The summed E-state index contributed by atoms with van der Waals surface area (Å²) in [5.74, 6) is 0. The van der Waals surface area contributed by atoms with E-state index in [2.05, 4.69) is 22.1 Å². The number of unbranched alkanes of at least 4 members (excludes halogenated alkanes) is 3. The van der Waals surface area contributed by atoms with E-state index in [0.29, 0.717) is 0 Å². The van der Waals surface area contributed by atoms with Crippen LogP contribution in [0, 0.1) is 0 Å². The highest BCUT2D eigenvalue weighted by Gasteiger charge is 2.02. The van der Waals surface area contributed by atoms with Gasteiger partial charge in [-0.3, -0.25) is 0 Å². The fraction of sp³-hybridized carbons (Fsp3) is 0.750. The topological polar surface area (TPSA) is 28.2 Å². The molecule has 17 heavy (non-hydrogen) atoms. The lowest BCUT2D eigenvalue weighted by Gasteiger charge is -2.05. The molecule has 0 saturated carbocycles. The maximum atomic E-state index is 4.35. The van der Waals surface area contributed by atoms with Gasteiger partial charge in [-0.2, -0.15) is 0 Å². The number of anilines is 1. The van der Waals surface area contributed by atoms with Crippen LogP contribution in [0.3, 0.4) is 0 Å². The van der Waals surface area contributed by atoms with Crippen molar-refractivity contribution in [3.8, 4) is 0 Å². The van der Waals surface area contributed by atoms with E-state index >= 15 is 0 Å². The Hall–Kier alpha value is -0.320. The Morgan fingerprint density at radius 2 is 2.06 bits per heavy atom. The highest BCUT2D eigenvalue weighted by molar-refractivity contribution is 7.15. The van der Waals surface area contributed by atoms with Gasteiger partial charge in [0.15, 0.2) is 5.13 Å². The van der Waals surface area contributed by atoms with Crippen LogP contribution in [0.4, 0.5) is 5.13 Å². The third-order valence-corrected chi connectivity index (χ3v) is 3.60. The Labute approximate surface area is 115 Å². The Balaban J connectivity index is 0.00000256. The standard InChI is InChI=1S/C12H23N3S.ClH/c1-4-5-6-7-8-13-9-11-10-14-12(16-11)15(2)3;/h10,13H,4-9H2,1-3H3;1H. The number of aromatic nitrogens is 1. The van der Waals surface area contributed by atoms with Crippen LogP contribution in [-0.2, 0) is 6.54 Å². The average molecular weight is 278 g/mol. The first kappa shape index (κ1) is 16.7. The minimum atomic E-state index is 0. The van der Waals surface area contributed by atoms with E-state index < -0.39 is 0 Å². The molecular weight excluding hydrogens is 254 g/mol. The maximum Gasteiger partial charge on any atom is 0.185 e. The van der Waals surface area contributed by atoms with Crippen LogP contribution in [0.2, 0.25) is 0 Å². The van der Waals surface area contributed by atoms with Gasteiger partial charge in [0.2, 0.25) is 0 Å². The summed E-state index contributed by atoms with van der Waals surface area (Å²) in [5.41, 5.74) is 0. The van der Waals surface area contributed by atoms with Crippen LogP contribution in [0.25, 0.3) is 0 Å². The Morgan fingerprint density at radius 1 is 1.29 bits per heavy atom. The molecule has 100 valence electrons. The molecule has 0 amide bonds. The Morgan fingerprint density at radius 3 is 2.65 bits per heavy atom. The van der Waals surface area contributed by atoms with Gasteiger partial charge >= 0.3 is 0 Å². The van der Waals surface area contributed by atoms with Gasteiger partial charge in [0.05, 0.1) is 0 Å². The summed E-state index contributed by atoms with van der Waals surface area (Å²) >= 11 is 1.76. The van der Waals surface area contributed by atoms with E-state index in [4.69, 9.17) is 0 Å². The van der Waals surface area contributed by atoms with Crippen molar-refractivity contribution in [3.63, 3.8) is 0 Å². The normalized spacial score (nSPS) is 10.1. The summed E-state index contributed by atoms with van der Waals surface area (Å²) in [4.78, 5) is 7.72. The lowest BCUT2D eigenvalue weighted by Crippen LogP contribution is -2.13. The highest BCUT2D eigenvalue weighted by Crippen LogP contribution is 2.19. The zero-order valence-electron chi connectivity index (χ0n) is 11.0. The largest absolute Gasteiger partial charge is 0.354 e. The van der Waals surface area contributed by atoms with Crippen molar-refractivity contribution >= 4 is 28.9 Å². The third-order valence-electron chi connectivity index (χ3n) is 2.43. The number of nitrogens with one attached hydrogen (secondary N) is 1. The fourth-order valence-electron chi connectivity index (χ4n) is 1.47. The zero-order valence-corrected chi connectivity index (χ0v) is 12.7. The second kappa shape index (κ2) is 9.68. The van der Waals surface area contributed by atoms with Crippen LogP contribution in [-0.4, -0.2) is 25.6 Å². The molecule has 1 heterocycles. The SMILES string of the molecule is CCCCCCNCc1cnc(N(C)C)s1.Cl. The molecule has 3 nitrogen and oxygen atoms in total. The molecule has 0 aromatic carbocycles. The van der Waals surface area contributed by atoms with Crippen LogP contribution < -0.4 is 10.2 Å². The molecule has 0 aliphatic rings. The van der Waals surface area contributed by atoms with Crippen molar-refractivity contribution in [1.82, 2.24) is 10.3 Å². The molecular formula is C12H24ClN3S. The highest BCUT2D eigenvalue weighted by atomic mass is 35.5. The summed E-state index contributed by atoms with van der Waals surface area (Å²) in [5, 5.41) is 4.55. The molecule has 0 fully saturated rings. The number of halogens is 1. The Bertz CT molecular complexity index is 289. The van der Waals surface area contributed by atoms with E-state index in [9.17, 15) is 0 Å². The molecule has 0 aliphatic carbocycles. The summed E-state index contributed by atoms with van der Waals surface area (Å²) in [7, 11) is 4.06. The maximum absolute atomic E-state index is 4.35. The van der Waals surface area contributed by atoms with Gasteiger partial charge in [0.1, 0.15) is 0 Å². The molecule has 0 saturated heterocycles. The number of thiazole rings is 1. The number of rotatable bonds is 8. The van der Waals surface area contributed by atoms with Gasteiger partial charge in [-0.05, 0) is 13.0 Å². The van der Waals surface area contributed by atoms with E-state index in [0.717, 1.165) is 18.2 Å². The first-order chi connectivity index (χ1) is 7.74. The Kier molecular flexibility index (Phi) is 9.50. The summed E-state index contributed by atoms with van der Waals surface area (Å²) < 4.78 is 0. The molecule has 0 bridgehead atoms. The molecule has 1 N–H and O–H groups in total. The van der Waals surface area contributed by atoms with Crippen molar-refractivity contribution in [1.29, 1.82) is 0 Å². The van der Waals surface area contributed by atoms with E-state index in [1.165, 1.54) is 30.6 Å². The quantitative estimate of drug-likeness (QED) is 0.739. The second-order valence-electron chi connectivity index (χ2n) is 4.24. The first-order valence-electron chi connectivity index (χ1n) is 6.06. The smallest absolute Gasteiger partial charge is 0.185 e. The van der Waals surface area contributed by atoms with Gasteiger partial charge in [-0.25, -0.2) is 4.98 Å². The average Bonchev–Trinajstić information content (AvgIpc) is 2.72. The molecule has 5 heteroatoms. The predicted molar refractivity (Wildman–Crippen MR) is 79.5 cm³/mol. The molecule has 0 atom stereocenters. The van der Waals surface area contributed by atoms with Crippen LogP contribution in [0.15, 0.2) is 6.20 Å². The molecule has 1 aromatic heterocycles. The fourth-order valence-corrected chi connectivity index (χ4v) is 2.28. The molecule has 0 radical (unpaired) electrons. The molecule has 0 spiro atoms. The van der Waals surface area contributed by atoms with Gasteiger partial charge in [-0.15, -0.1) is 23.7 Å². The van der Waals surface area contributed by atoms with Crippen molar-refractivity contribution < 1.29 is 0 Å². The van der Waals surface area contributed by atoms with Crippen molar-refractivity contribution in [2.24, 2.45) is 0 Å². The molecule has 0 unspecified atom stereocenters. The lowest BCUT2D eigenvalue weighted by molar-refractivity contribution is 0.600. The predicted octanol–water partition coefficient (Wildman–Crippen LogP) is 3.30. The number of hydrogen-bond donors (Lipinski definition) is 1. The monoisotopic (exact) mass is 277 g/mol. The third kappa shape index (κ3) is 6.86. The van der Waals surface area contributed by atoms with E-state index in [1.807, 2.05) is 20.3 Å². The zero-order chi connectivity index (χ0) is 11.8. The van der Waals surface area contributed by atoms with E-state index in [1.54, 1.807) is 11.3 Å². The second-order valence-corrected chi connectivity index (χ2v) is 5.33. The number of nitrogens with zero attached hydrogens (tertiary/aromatic N) is 2. The molecule has 1 aromatic rings. The van der Waals surface area contributed by atoms with Crippen molar-refractivity contribution in [2.75, 3.05) is 25.5 Å². The van der Waals surface area contributed by atoms with Crippen molar-refractivity contribution in [2.45, 2.75) is 39.2 Å². The first-order valence-corrected chi connectivity index (χ1v) is 6.88. The summed E-state index contributed by atoms with van der Waals surface area (Å²) in [6.07, 6.45) is 7.26. The van der Waals surface area contributed by atoms with Gasteiger partial charge < -0.3 is 10.2 Å². The lowest BCUT2D eigenvalue weighted by atomic mass is 10.2. The minimum Gasteiger partial charge on any atom is -0.354 e. The molecule has 1 rings (SSSR count). The summed E-state index contributed by atoms with van der Waals surface area (Å²) in [6, 6.07) is 0. The van der Waals surface area contributed by atoms with Crippen LogP contribution in [0.1, 0.15) is 37.5 Å². The van der Waals surface area contributed by atoms with Gasteiger partial charge in [-0.1, -0.05) is 26.2 Å².